The van der Waals surface area contributed by atoms with Crippen molar-refractivity contribution in [3.8, 4) is 22.6 Å². The van der Waals surface area contributed by atoms with Crippen LogP contribution in [0.15, 0.2) is 97.1 Å². The van der Waals surface area contributed by atoms with Crippen LogP contribution >= 0.6 is 0 Å². The van der Waals surface area contributed by atoms with Crippen LogP contribution in [0.1, 0.15) is 81.9 Å². The van der Waals surface area contributed by atoms with E-state index in [1.54, 1.807) is 0 Å². The molecule has 1 aliphatic carbocycles. The van der Waals surface area contributed by atoms with E-state index in [1.807, 2.05) is 48.5 Å². The number of ether oxygens (including phenoxy) is 3. The molecule has 1 atom stereocenters. The molecular weight excluding hydrogens is 701 g/mol. The molecule has 298 valence electrons. The summed E-state index contributed by atoms with van der Waals surface area (Å²) >= 11 is 0. The van der Waals surface area contributed by atoms with E-state index in [-0.39, 0.29) is 24.3 Å². The molecule has 2 N–H and O–H groups in total. The first-order valence-electron chi connectivity index (χ1n) is 20.8. The first-order valence-corrected chi connectivity index (χ1v) is 20.8. The van der Waals surface area contributed by atoms with Gasteiger partial charge >= 0.3 is 6.09 Å². The molecule has 1 aliphatic heterocycles. The SMILES string of the molecule is CCCCOc1cc(OCCCN(CC)CC)ccc1NC(=O)C(CC1CCN(Cc2ccccc2)CC1)NC(=O)OCC1c2ccccc2-c2ccccc21. The van der Waals surface area contributed by atoms with Gasteiger partial charge in [0.1, 0.15) is 24.1 Å². The number of piperidine rings is 1. The van der Waals surface area contributed by atoms with Crippen LogP contribution in [0.25, 0.3) is 11.1 Å². The zero-order chi connectivity index (χ0) is 39.1. The number of amides is 2. The summed E-state index contributed by atoms with van der Waals surface area (Å²) in [7, 11) is 0. The third-order valence-electron chi connectivity index (χ3n) is 11.2. The fourth-order valence-electron chi connectivity index (χ4n) is 7.95. The summed E-state index contributed by atoms with van der Waals surface area (Å²) in [6.07, 6.45) is 4.58. The maximum Gasteiger partial charge on any atom is 0.407 e. The van der Waals surface area contributed by atoms with Crippen molar-refractivity contribution in [3.05, 3.63) is 114 Å². The number of carbonyl (C=O) groups excluding carboxylic acids is 2. The molecule has 9 nitrogen and oxygen atoms in total. The Kier molecular flexibility index (Phi) is 15.2. The second kappa shape index (κ2) is 20.9. The third kappa shape index (κ3) is 11.1. The van der Waals surface area contributed by atoms with Gasteiger partial charge in [0, 0.05) is 25.1 Å². The number of alkyl carbamates (subject to hydrolysis) is 1. The number of nitrogens with one attached hydrogen (secondary N) is 2. The zero-order valence-electron chi connectivity index (χ0n) is 33.5. The van der Waals surface area contributed by atoms with E-state index in [4.69, 9.17) is 14.2 Å². The number of nitrogens with zero attached hydrogens (tertiary/aromatic N) is 2. The van der Waals surface area contributed by atoms with Gasteiger partial charge in [-0.25, -0.2) is 4.79 Å². The van der Waals surface area contributed by atoms with Gasteiger partial charge in [0.25, 0.3) is 0 Å². The fourth-order valence-corrected chi connectivity index (χ4v) is 7.95. The van der Waals surface area contributed by atoms with Crippen molar-refractivity contribution in [3.63, 3.8) is 0 Å². The minimum Gasteiger partial charge on any atom is -0.493 e. The fraction of sp³-hybridized carbons (Fsp3) is 0.447. The van der Waals surface area contributed by atoms with Crippen LogP contribution in [0.2, 0.25) is 0 Å². The Bertz CT molecular complexity index is 1790. The van der Waals surface area contributed by atoms with Gasteiger partial charge in [-0.15, -0.1) is 0 Å². The molecule has 2 aliphatic rings. The van der Waals surface area contributed by atoms with E-state index >= 15 is 0 Å². The van der Waals surface area contributed by atoms with Crippen LogP contribution in [0.3, 0.4) is 0 Å². The van der Waals surface area contributed by atoms with Crippen LogP contribution in [-0.2, 0) is 16.1 Å². The number of carbonyl (C=O) groups is 2. The van der Waals surface area contributed by atoms with Crippen molar-refractivity contribution in [1.29, 1.82) is 0 Å². The quantitative estimate of drug-likeness (QED) is 0.0869. The Balaban J connectivity index is 1.13. The van der Waals surface area contributed by atoms with Crippen LogP contribution in [0.4, 0.5) is 10.5 Å². The molecule has 1 unspecified atom stereocenters. The molecule has 0 aromatic heterocycles. The molecule has 1 saturated heterocycles. The lowest BCUT2D eigenvalue weighted by atomic mass is 9.89. The van der Waals surface area contributed by atoms with Crippen molar-refractivity contribution in [1.82, 2.24) is 15.1 Å². The van der Waals surface area contributed by atoms with E-state index in [2.05, 4.69) is 89.7 Å². The average molecular weight is 761 g/mol. The van der Waals surface area contributed by atoms with Crippen LogP contribution in [0.5, 0.6) is 11.5 Å². The number of likely N-dealkylation sites (tertiary alicyclic amines) is 1. The highest BCUT2D eigenvalue weighted by atomic mass is 16.5. The van der Waals surface area contributed by atoms with E-state index in [1.165, 1.54) is 16.7 Å². The largest absolute Gasteiger partial charge is 0.493 e. The molecule has 1 heterocycles. The van der Waals surface area contributed by atoms with Crippen molar-refractivity contribution < 1.29 is 23.8 Å². The van der Waals surface area contributed by atoms with Gasteiger partial charge in [0.2, 0.25) is 5.91 Å². The Labute approximate surface area is 333 Å². The van der Waals surface area contributed by atoms with Crippen molar-refractivity contribution in [2.75, 3.05) is 57.9 Å². The summed E-state index contributed by atoms with van der Waals surface area (Å²) < 4.78 is 18.3. The van der Waals surface area contributed by atoms with Crippen LogP contribution in [-0.4, -0.2) is 80.4 Å². The molecule has 0 saturated carbocycles. The number of benzene rings is 4. The van der Waals surface area contributed by atoms with Crippen molar-refractivity contribution in [2.45, 2.75) is 77.8 Å². The number of hydrogen-bond acceptors (Lipinski definition) is 7. The first kappa shape index (κ1) is 40.8. The second-order valence-corrected chi connectivity index (χ2v) is 15.0. The number of fused-ring (bicyclic) bond motifs is 3. The summed E-state index contributed by atoms with van der Waals surface area (Å²) in [4.78, 5) is 32.7. The summed E-state index contributed by atoms with van der Waals surface area (Å²) in [5, 5.41) is 6.10. The molecule has 4 aromatic carbocycles. The lowest BCUT2D eigenvalue weighted by molar-refractivity contribution is -0.118. The summed E-state index contributed by atoms with van der Waals surface area (Å²) in [5.41, 5.74) is 6.48. The molecule has 2 amide bonds. The van der Waals surface area contributed by atoms with Gasteiger partial charge in [0.05, 0.1) is 18.9 Å². The Morgan fingerprint density at radius 2 is 1.46 bits per heavy atom. The van der Waals surface area contributed by atoms with E-state index in [0.29, 0.717) is 36.8 Å². The monoisotopic (exact) mass is 760 g/mol. The lowest BCUT2D eigenvalue weighted by Crippen LogP contribution is -2.46. The first-order chi connectivity index (χ1) is 27.4. The second-order valence-electron chi connectivity index (χ2n) is 15.0. The number of anilines is 1. The Morgan fingerprint density at radius 3 is 2.14 bits per heavy atom. The molecule has 0 bridgehead atoms. The predicted octanol–water partition coefficient (Wildman–Crippen LogP) is 9.12. The highest BCUT2D eigenvalue weighted by Crippen LogP contribution is 2.44. The van der Waals surface area contributed by atoms with Crippen molar-refractivity contribution in [2.24, 2.45) is 5.92 Å². The molecular formula is C47H60N4O5. The van der Waals surface area contributed by atoms with E-state index < -0.39 is 12.1 Å². The van der Waals surface area contributed by atoms with Crippen LogP contribution < -0.4 is 20.1 Å². The smallest absolute Gasteiger partial charge is 0.407 e. The normalized spacial score (nSPS) is 14.9. The number of rotatable bonds is 20. The minimum absolute atomic E-state index is 0.0739. The Morgan fingerprint density at radius 1 is 0.804 bits per heavy atom. The molecule has 0 radical (unpaired) electrons. The summed E-state index contributed by atoms with van der Waals surface area (Å²) in [6, 6.07) is 31.9. The zero-order valence-corrected chi connectivity index (χ0v) is 33.5. The van der Waals surface area contributed by atoms with E-state index in [9.17, 15) is 9.59 Å². The molecule has 6 rings (SSSR count). The standard InChI is InChI=1S/C47H60N4O5/c1-4-7-29-55-45-32-37(54-30-15-26-50(5-2)6-3)22-23-43(45)48-46(52)44(31-35-24-27-51(28-25-35)33-36-16-9-8-10-17-36)49-47(53)56-34-42-40-20-13-11-18-38(40)39-19-12-14-21-41(39)42/h8-14,16-23,32,35,42,44H,4-7,15,24-31,33-34H2,1-3H3,(H,48,52)(H,49,53). The van der Waals surface area contributed by atoms with Gasteiger partial charge in [-0.05, 0) is 104 Å². The number of unbranched alkanes of at least 4 members (excludes halogenated alkanes) is 1. The third-order valence-corrected chi connectivity index (χ3v) is 11.2. The van der Waals surface area contributed by atoms with Gasteiger partial charge in [-0.3, -0.25) is 9.69 Å². The molecule has 4 aromatic rings. The van der Waals surface area contributed by atoms with Crippen LogP contribution in [0, 0.1) is 5.92 Å². The summed E-state index contributed by atoms with van der Waals surface area (Å²) in [6.45, 7) is 13.5. The maximum atomic E-state index is 14.2. The lowest BCUT2D eigenvalue weighted by Gasteiger charge is -2.33. The molecule has 9 heteroatoms. The highest BCUT2D eigenvalue weighted by molar-refractivity contribution is 5.97. The van der Waals surface area contributed by atoms with Gasteiger partial charge in [0.15, 0.2) is 0 Å². The average Bonchev–Trinajstić information content (AvgIpc) is 3.55. The van der Waals surface area contributed by atoms with Gasteiger partial charge < -0.3 is 29.7 Å². The summed E-state index contributed by atoms with van der Waals surface area (Å²) in [5.74, 6) is 1.15. The molecule has 0 spiro atoms. The number of hydrogen-bond donors (Lipinski definition) is 2. The topological polar surface area (TPSA) is 92.4 Å². The molecule has 1 fully saturated rings. The minimum atomic E-state index is -0.796. The molecule has 56 heavy (non-hydrogen) atoms. The maximum absolute atomic E-state index is 14.2. The van der Waals surface area contributed by atoms with Gasteiger partial charge in [-0.2, -0.15) is 0 Å². The van der Waals surface area contributed by atoms with Gasteiger partial charge in [-0.1, -0.05) is 106 Å². The van der Waals surface area contributed by atoms with E-state index in [0.717, 1.165) is 82.5 Å². The highest BCUT2D eigenvalue weighted by Gasteiger charge is 2.32. The predicted molar refractivity (Wildman–Crippen MR) is 224 cm³/mol. The van der Waals surface area contributed by atoms with Crippen molar-refractivity contribution >= 4 is 17.7 Å². The Hall–Kier alpha value is -4.86.